The van der Waals surface area contributed by atoms with Crippen molar-refractivity contribution in [3.05, 3.63) is 46.0 Å². The third kappa shape index (κ3) is 3.75. The standard InChI is InChI=1S/C18H19N3O4S/c1-10(2)25-17(24)15-11(3)19-18(26-15)20-14(22)9-21-8-12-6-4-5-7-13(12)16(21)23/h4-7,10H,8-9H2,1-3H3,(H,19,20,22). The van der Waals surface area contributed by atoms with Crippen LogP contribution in [-0.2, 0) is 16.1 Å². The number of nitrogens with one attached hydrogen (secondary N) is 1. The predicted octanol–water partition coefficient (Wildman–Crippen LogP) is 2.61. The summed E-state index contributed by atoms with van der Waals surface area (Å²) in [4.78, 5) is 42.6. The normalized spacial score (nSPS) is 13.1. The van der Waals surface area contributed by atoms with Crippen molar-refractivity contribution < 1.29 is 19.1 Å². The van der Waals surface area contributed by atoms with Crippen LogP contribution in [0.2, 0.25) is 0 Å². The Labute approximate surface area is 155 Å². The number of rotatable bonds is 5. The lowest BCUT2D eigenvalue weighted by atomic mass is 10.1. The Kier molecular flexibility index (Phi) is 5.03. The summed E-state index contributed by atoms with van der Waals surface area (Å²) in [7, 11) is 0. The van der Waals surface area contributed by atoms with Gasteiger partial charge in [-0.05, 0) is 32.4 Å². The molecule has 1 aromatic heterocycles. The van der Waals surface area contributed by atoms with Crippen molar-refractivity contribution in [1.29, 1.82) is 0 Å². The number of nitrogens with zero attached hydrogens (tertiary/aromatic N) is 2. The summed E-state index contributed by atoms with van der Waals surface area (Å²) >= 11 is 1.06. The van der Waals surface area contributed by atoms with Gasteiger partial charge in [0, 0.05) is 12.1 Å². The summed E-state index contributed by atoms with van der Waals surface area (Å²) in [6, 6.07) is 7.30. The molecular weight excluding hydrogens is 354 g/mol. The van der Waals surface area contributed by atoms with Crippen LogP contribution < -0.4 is 5.32 Å². The molecule has 26 heavy (non-hydrogen) atoms. The maximum atomic E-state index is 12.3. The number of anilines is 1. The number of aryl methyl sites for hydroxylation is 1. The number of hydrogen-bond donors (Lipinski definition) is 1. The number of esters is 1. The van der Waals surface area contributed by atoms with Crippen LogP contribution in [-0.4, -0.2) is 40.3 Å². The highest BCUT2D eigenvalue weighted by Crippen LogP contribution is 2.25. The topological polar surface area (TPSA) is 88.6 Å². The highest BCUT2D eigenvalue weighted by Gasteiger charge is 2.28. The molecule has 0 saturated carbocycles. The number of carbonyl (C=O) groups is 3. The number of fused-ring (bicyclic) bond motifs is 1. The summed E-state index contributed by atoms with van der Waals surface area (Å²) in [6.45, 7) is 5.55. The van der Waals surface area contributed by atoms with E-state index in [9.17, 15) is 14.4 Å². The third-order valence-corrected chi connectivity index (χ3v) is 4.85. The maximum absolute atomic E-state index is 12.3. The fourth-order valence-corrected chi connectivity index (χ4v) is 3.55. The van der Waals surface area contributed by atoms with Gasteiger partial charge in [-0.2, -0.15) is 0 Å². The van der Waals surface area contributed by atoms with Crippen molar-refractivity contribution in [3.8, 4) is 0 Å². The molecule has 0 unspecified atom stereocenters. The van der Waals surface area contributed by atoms with Crippen molar-refractivity contribution in [3.63, 3.8) is 0 Å². The number of amides is 2. The molecule has 136 valence electrons. The lowest BCUT2D eigenvalue weighted by Crippen LogP contribution is -2.33. The number of hydrogen-bond acceptors (Lipinski definition) is 6. The molecule has 7 nitrogen and oxygen atoms in total. The highest BCUT2D eigenvalue weighted by atomic mass is 32.1. The van der Waals surface area contributed by atoms with Crippen molar-refractivity contribution >= 4 is 34.3 Å². The van der Waals surface area contributed by atoms with Gasteiger partial charge in [-0.3, -0.25) is 9.59 Å². The van der Waals surface area contributed by atoms with E-state index in [1.165, 1.54) is 4.90 Å². The molecule has 0 radical (unpaired) electrons. The fourth-order valence-electron chi connectivity index (χ4n) is 2.68. The van der Waals surface area contributed by atoms with Crippen molar-refractivity contribution in [1.82, 2.24) is 9.88 Å². The summed E-state index contributed by atoms with van der Waals surface area (Å²) in [5.74, 6) is -0.975. The van der Waals surface area contributed by atoms with Crippen LogP contribution in [0.4, 0.5) is 5.13 Å². The Balaban J connectivity index is 1.63. The molecule has 3 rings (SSSR count). The maximum Gasteiger partial charge on any atom is 0.350 e. The minimum atomic E-state index is -0.458. The molecular formula is C18H19N3O4S. The third-order valence-electron chi connectivity index (χ3n) is 3.80. The molecule has 0 aliphatic carbocycles. The van der Waals surface area contributed by atoms with Crippen LogP contribution in [0.5, 0.6) is 0 Å². The first kappa shape index (κ1) is 18.1. The zero-order valence-electron chi connectivity index (χ0n) is 14.7. The van der Waals surface area contributed by atoms with Crippen LogP contribution in [0.1, 0.15) is 45.1 Å². The first-order valence-corrected chi connectivity index (χ1v) is 9.02. The lowest BCUT2D eigenvalue weighted by Gasteiger charge is -2.14. The van der Waals surface area contributed by atoms with Gasteiger partial charge in [0.2, 0.25) is 5.91 Å². The molecule has 1 aliphatic heterocycles. The lowest BCUT2D eigenvalue weighted by molar-refractivity contribution is -0.116. The molecule has 8 heteroatoms. The number of thiazole rings is 1. The summed E-state index contributed by atoms with van der Waals surface area (Å²) in [5, 5.41) is 2.96. The van der Waals surface area contributed by atoms with Crippen molar-refractivity contribution in [2.75, 3.05) is 11.9 Å². The molecule has 1 N–H and O–H groups in total. The molecule has 1 aliphatic rings. The van der Waals surface area contributed by atoms with E-state index in [0.717, 1.165) is 16.9 Å². The minimum absolute atomic E-state index is 0.0715. The summed E-state index contributed by atoms with van der Waals surface area (Å²) in [5.41, 5.74) is 2.04. The van der Waals surface area contributed by atoms with Gasteiger partial charge in [0.15, 0.2) is 5.13 Å². The Morgan fingerprint density at radius 1 is 1.35 bits per heavy atom. The highest BCUT2D eigenvalue weighted by molar-refractivity contribution is 7.17. The average molecular weight is 373 g/mol. The van der Waals surface area contributed by atoms with Gasteiger partial charge in [0.1, 0.15) is 11.4 Å². The largest absolute Gasteiger partial charge is 0.459 e. The van der Waals surface area contributed by atoms with E-state index in [1.54, 1.807) is 32.9 Å². The second-order valence-corrected chi connectivity index (χ2v) is 7.25. The van der Waals surface area contributed by atoms with E-state index >= 15 is 0 Å². The van der Waals surface area contributed by atoms with Gasteiger partial charge >= 0.3 is 5.97 Å². The molecule has 0 fully saturated rings. The quantitative estimate of drug-likeness (QED) is 0.814. The van der Waals surface area contributed by atoms with Crippen LogP contribution in [0.3, 0.4) is 0 Å². The van der Waals surface area contributed by atoms with Crippen molar-refractivity contribution in [2.24, 2.45) is 0 Å². The van der Waals surface area contributed by atoms with E-state index in [4.69, 9.17) is 4.74 Å². The van der Waals surface area contributed by atoms with E-state index in [1.807, 2.05) is 12.1 Å². The fraction of sp³-hybridized carbons (Fsp3) is 0.333. The smallest absolute Gasteiger partial charge is 0.350 e. The Hall–Kier alpha value is -2.74. The van der Waals surface area contributed by atoms with E-state index in [2.05, 4.69) is 10.3 Å². The Bertz CT molecular complexity index is 875. The van der Waals surface area contributed by atoms with E-state index in [0.29, 0.717) is 27.8 Å². The van der Waals surface area contributed by atoms with Gasteiger partial charge in [0.05, 0.1) is 11.8 Å². The molecule has 2 aromatic rings. The molecule has 1 aromatic carbocycles. The molecule has 2 heterocycles. The predicted molar refractivity (Wildman–Crippen MR) is 97.2 cm³/mol. The van der Waals surface area contributed by atoms with Gasteiger partial charge in [-0.25, -0.2) is 9.78 Å². The second kappa shape index (κ2) is 7.25. The number of carbonyl (C=O) groups excluding carboxylic acids is 3. The summed E-state index contributed by atoms with van der Waals surface area (Å²) < 4.78 is 5.16. The monoisotopic (exact) mass is 373 g/mol. The molecule has 0 saturated heterocycles. The Morgan fingerprint density at radius 3 is 2.77 bits per heavy atom. The first-order valence-electron chi connectivity index (χ1n) is 8.20. The second-order valence-electron chi connectivity index (χ2n) is 6.25. The minimum Gasteiger partial charge on any atom is -0.459 e. The Morgan fingerprint density at radius 2 is 2.08 bits per heavy atom. The molecule has 0 atom stereocenters. The van der Waals surface area contributed by atoms with E-state index in [-0.39, 0.29) is 24.5 Å². The number of aromatic nitrogens is 1. The summed E-state index contributed by atoms with van der Waals surface area (Å²) in [6.07, 6.45) is -0.232. The first-order chi connectivity index (χ1) is 12.3. The molecule has 0 spiro atoms. The molecule has 2 amide bonds. The average Bonchev–Trinajstić information content (AvgIpc) is 3.08. The molecule has 0 bridgehead atoms. The zero-order valence-corrected chi connectivity index (χ0v) is 15.6. The van der Waals surface area contributed by atoms with Gasteiger partial charge in [0.25, 0.3) is 5.91 Å². The van der Waals surface area contributed by atoms with Crippen LogP contribution in [0.15, 0.2) is 24.3 Å². The van der Waals surface area contributed by atoms with E-state index < -0.39 is 5.97 Å². The SMILES string of the molecule is Cc1nc(NC(=O)CN2Cc3ccccc3C2=O)sc1C(=O)OC(C)C. The zero-order chi connectivity index (χ0) is 18.8. The van der Waals surface area contributed by atoms with Crippen LogP contribution in [0, 0.1) is 6.92 Å². The van der Waals surface area contributed by atoms with Gasteiger partial charge < -0.3 is 15.0 Å². The number of benzene rings is 1. The van der Waals surface area contributed by atoms with Gasteiger partial charge in [-0.1, -0.05) is 29.5 Å². The van der Waals surface area contributed by atoms with Gasteiger partial charge in [-0.15, -0.1) is 0 Å². The van der Waals surface area contributed by atoms with Crippen LogP contribution >= 0.6 is 11.3 Å². The van der Waals surface area contributed by atoms with Crippen LogP contribution in [0.25, 0.3) is 0 Å². The van der Waals surface area contributed by atoms with Crippen molar-refractivity contribution in [2.45, 2.75) is 33.4 Å². The number of ether oxygens (including phenoxy) is 1.